The average Bonchev–Trinajstić information content (AvgIpc) is 2.82. The van der Waals surface area contributed by atoms with Crippen molar-refractivity contribution in [2.45, 2.75) is 33.2 Å². The summed E-state index contributed by atoms with van der Waals surface area (Å²) in [5.74, 6) is 1.55. The molecule has 0 saturated heterocycles. The zero-order valence-electron chi connectivity index (χ0n) is 13.2. The Morgan fingerprint density at radius 1 is 1.36 bits per heavy atom. The standard InChI is InChI=1S/C14H24N4O3S/c1-9(2)4-11(6-15)16-13(19)7-22-8-14(20)17-12-5-10(3)21-18-12/h5,9,11H,4,6-8,15H2,1-3H3,(H,16,19)(H,17,18,20). The molecule has 0 spiro atoms. The molecule has 1 aromatic rings. The van der Waals surface area contributed by atoms with E-state index in [1.165, 1.54) is 11.8 Å². The van der Waals surface area contributed by atoms with Crippen molar-refractivity contribution < 1.29 is 14.1 Å². The number of nitrogens with one attached hydrogen (secondary N) is 2. The van der Waals surface area contributed by atoms with Crippen molar-refractivity contribution in [3.63, 3.8) is 0 Å². The number of carbonyl (C=O) groups is 2. The van der Waals surface area contributed by atoms with E-state index in [0.29, 0.717) is 24.0 Å². The van der Waals surface area contributed by atoms with Crippen LogP contribution in [-0.4, -0.2) is 41.1 Å². The van der Waals surface area contributed by atoms with Crippen molar-refractivity contribution in [2.75, 3.05) is 23.4 Å². The zero-order valence-corrected chi connectivity index (χ0v) is 14.0. The summed E-state index contributed by atoms with van der Waals surface area (Å²) in [4.78, 5) is 23.5. The topological polar surface area (TPSA) is 110 Å². The van der Waals surface area contributed by atoms with Gasteiger partial charge in [-0.05, 0) is 19.3 Å². The second kappa shape index (κ2) is 9.47. The minimum absolute atomic E-state index is 0.0139. The lowest BCUT2D eigenvalue weighted by Gasteiger charge is -2.18. The molecule has 0 aliphatic carbocycles. The third-order valence-corrected chi connectivity index (χ3v) is 3.70. The van der Waals surface area contributed by atoms with E-state index in [-0.39, 0.29) is 29.4 Å². The van der Waals surface area contributed by atoms with Gasteiger partial charge in [-0.15, -0.1) is 11.8 Å². The Balaban J connectivity index is 2.22. The van der Waals surface area contributed by atoms with Gasteiger partial charge >= 0.3 is 0 Å². The second-order valence-electron chi connectivity index (χ2n) is 5.49. The Labute approximate surface area is 134 Å². The van der Waals surface area contributed by atoms with Crippen LogP contribution in [0, 0.1) is 12.8 Å². The van der Waals surface area contributed by atoms with E-state index in [4.69, 9.17) is 10.3 Å². The Kier molecular flexibility index (Phi) is 7.97. The summed E-state index contributed by atoms with van der Waals surface area (Å²) in [5.41, 5.74) is 5.63. The van der Waals surface area contributed by atoms with Crippen LogP contribution in [0.2, 0.25) is 0 Å². The van der Waals surface area contributed by atoms with Crippen LogP contribution in [0.3, 0.4) is 0 Å². The van der Waals surface area contributed by atoms with Crippen LogP contribution in [0.1, 0.15) is 26.0 Å². The molecule has 0 bridgehead atoms. The molecule has 0 aromatic carbocycles. The molecule has 1 rings (SSSR count). The number of rotatable bonds is 9. The van der Waals surface area contributed by atoms with Crippen LogP contribution >= 0.6 is 11.8 Å². The number of aryl methyl sites for hydroxylation is 1. The Morgan fingerprint density at radius 2 is 2.05 bits per heavy atom. The summed E-state index contributed by atoms with van der Waals surface area (Å²) in [6.45, 7) is 6.33. The van der Waals surface area contributed by atoms with Crippen molar-refractivity contribution in [1.82, 2.24) is 10.5 Å². The highest BCUT2D eigenvalue weighted by Gasteiger charge is 2.13. The van der Waals surface area contributed by atoms with Gasteiger partial charge in [0.2, 0.25) is 11.8 Å². The lowest BCUT2D eigenvalue weighted by Crippen LogP contribution is -2.42. The predicted molar refractivity (Wildman–Crippen MR) is 87.6 cm³/mol. The average molecular weight is 328 g/mol. The molecule has 1 unspecified atom stereocenters. The highest BCUT2D eigenvalue weighted by Crippen LogP contribution is 2.09. The Morgan fingerprint density at radius 3 is 2.59 bits per heavy atom. The van der Waals surface area contributed by atoms with Crippen LogP contribution in [0.25, 0.3) is 0 Å². The van der Waals surface area contributed by atoms with Crippen LogP contribution in [0.5, 0.6) is 0 Å². The summed E-state index contributed by atoms with van der Waals surface area (Å²) in [6.07, 6.45) is 0.846. The third-order valence-electron chi connectivity index (χ3n) is 2.77. The molecule has 124 valence electrons. The number of carbonyl (C=O) groups excluding carboxylic acids is 2. The molecular formula is C14H24N4O3S. The maximum absolute atomic E-state index is 11.8. The Bertz CT molecular complexity index is 490. The van der Waals surface area contributed by atoms with Crippen LogP contribution < -0.4 is 16.4 Å². The van der Waals surface area contributed by atoms with Gasteiger partial charge in [0.1, 0.15) is 5.76 Å². The first-order valence-electron chi connectivity index (χ1n) is 7.21. The third kappa shape index (κ3) is 7.46. The van der Waals surface area contributed by atoms with Gasteiger partial charge in [-0.3, -0.25) is 9.59 Å². The van der Waals surface area contributed by atoms with Crippen molar-refractivity contribution in [3.05, 3.63) is 11.8 Å². The molecule has 4 N–H and O–H groups in total. The van der Waals surface area contributed by atoms with Gasteiger partial charge in [0.25, 0.3) is 0 Å². The molecule has 1 atom stereocenters. The SMILES string of the molecule is Cc1cc(NC(=O)CSCC(=O)NC(CN)CC(C)C)no1. The second-order valence-corrected chi connectivity index (χ2v) is 6.48. The minimum Gasteiger partial charge on any atom is -0.360 e. The van der Waals surface area contributed by atoms with Gasteiger partial charge in [0.05, 0.1) is 11.5 Å². The first-order valence-corrected chi connectivity index (χ1v) is 8.36. The van der Waals surface area contributed by atoms with E-state index in [1.807, 2.05) is 0 Å². The number of anilines is 1. The van der Waals surface area contributed by atoms with E-state index in [1.54, 1.807) is 13.0 Å². The first-order chi connectivity index (χ1) is 10.4. The van der Waals surface area contributed by atoms with Crippen molar-refractivity contribution >= 4 is 29.4 Å². The largest absolute Gasteiger partial charge is 0.360 e. The number of nitrogens with two attached hydrogens (primary N) is 1. The van der Waals surface area contributed by atoms with Gasteiger partial charge in [-0.2, -0.15) is 0 Å². The fraction of sp³-hybridized carbons (Fsp3) is 0.643. The van der Waals surface area contributed by atoms with Crippen molar-refractivity contribution in [1.29, 1.82) is 0 Å². The normalized spacial score (nSPS) is 12.2. The molecule has 0 aliphatic heterocycles. The minimum atomic E-state index is -0.219. The van der Waals surface area contributed by atoms with Gasteiger partial charge in [0, 0.05) is 18.7 Å². The van der Waals surface area contributed by atoms with Crippen molar-refractivity contribution in [3.8, 4) is 0 Å². The molecule has 1 aromatic heterocycles. The van der Waals surface area contributed by atoms with Crippen molar-refractivity contribution in [2.24, 2.45) is 11.7 Å². The maximum Gasteiger partial charge on any atom is 0.235 e. The summed E-state index contributed by atoms with van der Waals surface area (Å²) in [5, 5.41) is 9.15. The van der Waals surface area contributed by atoms with E-state index in [2.05, 4.69) is 29.6 Å². The van der Waals surface area contributed by atoms with E-state index >= 15 is 0 Å². The lowest BCUT2D eigenvalue weighted by atomic mass is 10.0. The maximum atomic E-state index is 11.8. The number of amides is 2. The molecular weight excluding hydrogens is 304 g/mol. The summed E-state index contributed by atoms with van der Waals surface area (Å²) >= 11 is 1.24. The predicted octanol–water partition coefficient (Wildman–Crippen LogP) is 1.14. The fourth-order valence-electron chi connectivity index (χ4n) is 1.89. The monoisotopic (exact) mass is 328 g/mol. The quantitative estimate of drug-likeness (QED) is 0.627. The van der Waals surface area contributed by atoms with Gasteiger partial charge < -0.3 is 20.9 Å². The van der Waals surface area contributed by atoms with Gasteiger partial charge in [-0.1, -0.05) is 19.0 Å². The van der Waals surface area contributed by atoms with E-state index < -0.39 is 0 Å². The van der Waals surface area contributed by atoms with Crippen LogP contribution in [0.15, 0.2) is 10.6 Å². The number of hydrogen-bond donors (Lipinski definition) is 3. The smallest absolute Gasteiger partial charge is 0.235 e. The molecule has 8 heteroatoms. The zero-order chi connectivity index (χ0) is 16.5. The molecule has 2 amide bonds. The summed E-state index contributed by atoms with van der Waals surface area (Å²) < 4.78 is 4.85. The van der Waals surface area contributed by atoms with E-state index in [0.717, 1.165) is 6.42 Å². The molecule has 7 nitrogen and oxygen atoms in total. The summed E-state index contributed by atoms with van der Waals surface area (Å²) in [7, 11) is 0. The highest BCUT2D eigenvalue weighted by atomic mass is 32.2. The number of aromatic nitrogens is 1. The molecule has 0 aliphatic rings. The molecule has 0 saturated carbocycles. The first kappa shape index (κ1) is 18.5. The molecule has 1 heterocycles. The van der Waals surface area contributed by atoms with Gasteiger partial charge in [0.15, 0.2) is 5.82 Å². The number of thioether (sulfide) groups is 1. The molecule has 0 radical (unpaired) electrons. The molecule has 22 heavy (non-hydrogen) atoms. The van der Waals surface area contributed by atoms with Gasteiger partial charge in [-0.25, -0.2) is 0 Å². The molecule has 0 fully saturated rings. The number of hydrogen-bond acceptors (Lipinski definition) is 6. The lowest BCUT2D eigenvalue weighted by molar-refractivity contribution is -0.119. The summed E-state index contributed by atoms with van der Waals surface area (Å²) in [6, 6.07) is 1.62. The number of nitrogens with zero attached hydrogens (tertiary/aromatic N) is 1. The Hall–Kier alpha value is -1.54. The van der Waals surface area contributed by atoms with Crippen LogP contribution in [0.4, 0.5) is 5.82 Å². The van der Waals surface area contributed by atoms with E-state index in [9.17, 15) is 9.59 Å². The van der Waals surface area contributed by atoms with Crippen LogP contribution in [-0.2, 0) is 9.59 Å². The fourth-order valence-corrected chi connectivity index (χ4v) is 2.52. The highest BCUT2D eigenvalue weighted by molar-refractivity contribution is 8.00.